The van der Waals surface area contributed by atoms with Gasteiger partial charge in [0.25, 0.3) is 0 Å². The Morgan fingerprint density at radius 2 is 2.67 bits per heavy atom. The Labute approximate surface area is 52.5 Å². The molecule has 1 aromatic rings. The van der Waals surface area contributed by atoms with E-state index in [1.807, 2.05) is 0 Å². The highest BCUT2D eigenvalue weighted by atomic mass is 16.5. The quantitative estimate of drug-likeness (QED) is 0.585. The molecule has 2 N–H and O–H groups in total. The second-order valence-electron chi connectivity index (χ2n) is 1.59. The van der Waals surface area contributed by atoms with Crippen molar-refractivity contribution in [2.45, 2.75) is 6.61 Å². The molecule has 0 bridgehead atoms. The van der Waals surface area contributed by atoms with Crippen molar-refractivity contribution in [3.63, 3.8) is 0 Å². The Morgan fingerprint density at radius 1 is 1.89 bits per heavy atom. The Morgan fingerprint density at radius 3 is 3.11 bits per heavy atom. The first-order chi connectivity index (χ1) is 4.38. The number of H-pyrrole nitrogens is 1. The van der Waals surface area contributed by atoms with Crippen LogP contribution in [0.25, 0.3) is 0 Å². The average Bonchev–Trinajstić information content (AvgIpc) is 2.33. The van der Waals surface area contributed by atoms with Crippen molar-refractivity contribution in [3.05, 3.63) is 11.8 Å². The maximum Gasteiger partial charge on any atom is 0.214 e. The zero-order valence-corrected chi connectivity index (χ0v) is 5.09. The van der Waals surface area contributed by atoms with Crippen LogP contribution in [0.1, 0.15) is 5.56 Å². The van der Waals surface area contributed by atoms with Crippen LogP contribution in [0.5, 0.6) is 5.88 Å². The van der Waals surface area contributed by atoms with Gasteiger partial charge in [0.15, 0.2) is 0 Å². The van der Waals surface area contributed by atoms with E-state index >= 15 is 0 Å². The number of aromatic nitrogens is 2. The second-order valence-corrected chi connectivity index (χ2v) is 1.59. The molecule has 0 unspecified atom stereocenters. The van der Waals surface area contributed by atoms with Crippen molar-refractivity contribution in [2.24, 2.45) is 0 Å². The van der Waals surface area contributed by atoms with Gasteiger partial charge in [-0.25, -0.2) is 5.10 Å². The predicted octanol–water partition coefficient (Wildman–Crippen LogP) is -0.0894. The minimum atomic E-state index is -0.0420. The third-order valence-corrected chi connectivity index (χ3v) is 1.05. The highest BCUT2D eigenvalue weighted by Crippen LogP contribution is 2.11. The lowest BCUT2D eigenvalue weighted by molar-refractivity contribution is 0.273. The molecule has 0 aromatic carbocycles. The van der Waals surface area contributed by atoms with Gasteiger partial charge < -0.3 is 9.84 Å². The van der Waals surface area contributed by atoms with Crippen molar-refractivity contribution in [1.82, 2.24) is 10.2 Å². The normalized spacial score (nSPS) is 9.56. The third-order valence-electron chi connectivity index (χ3n) is 1.05. The van der Waals surface area contributed by atoms with E-state index in [1.54, 1.807) is 0 Å². The van der Waals surface area contributed by atoms with Crippen LogP contribution >= 0.6 is 0 Å². The summed E-state index contributed by atoms with van der Waals surface area (Å²) in [5.74, 6) is 0.525. The highest BCUT2D eigenvalue weighted by Gasteiger charge is 2.00. The molecule has 1 heterocycles. The van der Waals surface area contributed by atoms with Gasteiger partial charge in [0, 0.05) is 0 Å². The minimum absolute atomic E-state index is 0.0420. The maximum atomic E-state index is 8.60. The number of aliphatic hydroxyl groups excluding tert-OH is 1. The fourth-order valence-electron chi connectivity index (χ4n) is 0.589. The Balaban J connectivity index is 2.85. The van der Waals surface area contributed by atoms with Gasteiger partial charge in [-0.3, -0.25) is 0 Å². The number of aliphatic hydroxyl groups is 1. The molecule has 0 spiro atoms. The first kappa shape index (κ1) is 6.10. The zero-order valence-electron chi connectivity index (χ0n) is 5.09. The summed E-state index contributed by atoms with van der Waals surface area (Å²) in [6.45, 7) is -0.0420. The van der Waals surface area contributed by atoms with Gasteiger partial charge in [-0.1, -0.05) is 0 Å². The van der Waals surface area contributed by atoms with E-state index in [1.165, 1.54) is 13.3 Å². The van der Waals surface area contributed by atoms with Crippen LogP contribution in [0, 0.1) is 0 Å². The molecule has 0 atom stereocenters. The van der Waals surface area contributed by atoms with Gasteiger partial charge in [0.05, 0.1) is 25.5 Å². The van der Waals surface area contributed by atoms with E-state index in [9.17, 15) is 0 Å². The summed E-state index contributed by atoms with van der Waals surface area (Å²) < 4.78 is 4.80. The first-order valence-corrected chi connectivity index (χ1v) is 2.55. The minimum Gasteiger partial charge on any atom is -0.481 e. The summed E-state index contributed by atoms with van der Waals surface area (Å²) in [6, 6.07) is 0. The van der Waals surface area contributed by atoms with Crippen LogP contribution < -0.4 is 4.74 Å². The van der Waals surface area contributed by atoms with Gasteiger partial charge >= 0.3 is 0 Å². The number of rotatable bonds is 2. The number of ether oxygens (including phenoxy) is 1. The number of methoxy groups -OCH3 is 1. The smallest absolute Gasteiger partial charge is 0.214 e. The van der Waals surface area contributed by atoms with E-state index < -0.39 is 0 Å². The van der Waals surface area contributed by atoms with Crippen LogP contribution in [0.4, 0.5) is 0 Å². The molecule has 0 aliphatic rings. The van der Waals surface area contributed by atoms with E-state index in [2.05, 4.69) is 10.2 Å². The molecule has 4 heteroatoms. The monoisotopic (exact) mass is 128 g/mol. The van der Waals surface area contributed by atoms with Crippen LogP contribution in [0.15, 0.2) is 6.20 Å². The van der Waals surface area contributed by atoms with E-state index in [0.29, 0.717) is 11.4 Å². The number of hydrogen-bond donors (Lipinski definition) is 2. The van der Waals surface area contributed by atoms with Gasteiger partial charge in [0.1, 0.15) is 0 Å². The second kappa shape index (κ2) is 2.50. The van der Waals surface area contributed by atoms with Gasteiger partial charge in [-0.2, -0.15) is 5.10 Å². The molecular weight excluding hydrogens is 120 g/mol. The molecule has 0 aliphatic carbocycles. The number of aromatic amines is 1. The predicted molar refractivity (Wildman–Crippen MR) is 31.1 cm³/mol. The summed E-state index contributed by atoms with van der Waals surface area (Å²) in [4.78, 5) is 0. The molecule has 0 aliphatic heterocycles. The van der Waals surface area contributed by atoms with Crippen molar-refractivity contribution < 1.29 is 9.84 Å². The molecule has 0 saturated carbocycles. The van der Waals surface area contributed by atoms with E-state index in [4.69, 9.17) is 9.84 Å². The zero-order chi connectivity index (χ0) is 6.69. The molecule has 50 valence electrons. The number of nitrogens with one attached hydrogen (secondary N) is 1. The third kappa shape index (κ3) is 1.02. The molecule has 4 nitrogen and oxygen atoms in total. The van der Waals surface area contributed by atoms with Gasteiger partial charge in [-0.05, 0) is 0 Å². The maximum absolute atomic E-state index is 8.60. The van der Waals surface area contributed by atoms with Crippen LogP contribution in [0.3, 0.4) is 0 Å². The summed E-state index contributed by atoms with van der Waals surface area (Å²) in [6.07, 6.45) is 1.53. The molecule has 0 amide bonds. The van der Waals surface area contributed by atoms with Crippen LogP contribution in [0.2, 0.25) is 0 Å². The van der Waals surface area contributed by atoms with E-state index in [0.717, 1.165) is 0 Å². The summed E-state index contributed by atoms with van der Waals surface area (Å²) in [5, 5.41) is 14.8. The van der Waals surface area contributed by atoms with Crippen LogP contribution in [-0.2, 0) is 6.61 Å². The van der Waals surface area contributed by atoms with Gasteiger partial charge in [0.2, 0.25) is 5.88 Å². The lowest BCUT2D eigenvalue weighted by Gasteiger charge is -1.94. The SMILES string of the molecule is COc1[nH]ncc1CO. The van der Waals surface area contributed by atoms with Crippen molar-refractivity contribution in [3.8, 4) is 5.88 Å². The molecule has 9 heavy (non-hydrogen) atoms. The van der Waals surface area contributed by atoms with Crippen molar-refractivity contribution in [1.29, 1.82) is 0 Å². The van der Waals surface area contributed by atoms with Crippen molar-refractivity contribution >= 4 is 0 Å². The summed E-state index contributed by atoms with van der Waals surface area (Å²) in [7, 11) is 1.52. The molecule has 0 fully saturated rings. The van der Waals surface area contributed by atoms with Gasteiger partial charge in [-0.15, -0.1) is 0 Å². The number of nitrogens with zero attached hydrogens (tertiary/aromatic N) is 1. The lowest BCUT2D eigenvalue weighted by Crippen LogP contribution is -1.87. The standard InChI is InChI=1S/C5H8N2O2/c1-9-5-4(3-8)2-6-7-5/h2,8H,3H2,1H3,(H,6,7). The topological polar surface area (TPSA) is 58.1 Å². The van der Waals surface area contributed by atoms with Crippen LogP contribution in [-0.4, -0.2) is 22.4 Å². The average molecular weight is 128 g/mol. The summed E-state index contributed by atoms with van der Waals surface area (Å²) in [5.41, 5.74) is 0.678. The fourth-order valence-corrected chi connectivity index (χ4v) is 0.589. The first-order valence-electron chi connectivity index (χ1n) is 2.55. The lowest BCUT2D eigenvalue weighted by atomic mass is 10.4. The Hall–Kier alpha value is -1.03. The number of hydrogen-bond acceptors (Lipinski definition) is 3. The molecule has 0 saturated heterocycles. The van der Waals surface area contributed by atoms with E-state index in [-0.39, 0.29) is 6.61 Å². The molecule has 1 aromatic heterocycles. The molecular formula is C5H8N2O2. The molecule has 1 rings (SSSR count). The summed E-state index contributed by atoms with van der Waals surface area (Å²) >= 11 is 0. The Kier molecular flexibility index (Phi) is 1.69. The fraction of sp³-hybridized carbons (Fsp3) is 0.400. The highest BCUT2D eigenvalue weighted by molar-refractivity contribution is 5.20. The van der Waals surface area contributed by atoms with Crippen molar-refractivity contribution in [2.75, 3.05) is 7.11 Å². The Bertz CT molecular complexity index is 166. The largest absolute Gasteiger partial charge is 0.481 e. The molecule has 0 radical (unpaired) electrons.